The number of carboxylic acid groups (broad SMARTS) is 1. The maximum absolute atomic E-state index is 8.36. The summed E-state index contributed by atoms with van der Waals surface area (Å²) in [5.41, 5.74) is 1.35. The second-order valence-corrected chi connectivity index (χ2v) is 4.48. The first-order valence-electron chi connectivity index (χ1n) is 5.55. The van der Waals surface area contributed by atoms with Crippen molar-refractivity contribution >= 4 is 18.1 Å². The topological polar surface area (TPSA) is 53.4 Å². The van der Waals surface area contributed by atoms with Gasteiger partial charge in [0.15, 0.2) is 0 Å². The van der Waals surface area contributed by atoms with Crippen molar-refractivity contribution in [3.63, 3.8) is 0 Å². The van der Waals surface area contributed by atoms with Gasteiger partial charge in [0.1, 0.15) is 5.15 Å². The fourth-order valence-corrected chi connectivity index (χ4v) is 2.20. The van der Waals surface area contributed by atoms with Crippen molar-refractivity contribution in [2.45, 2.75) is 18.8 Å². The number of hydrogen-bond donors (Lipinski definition) is 1. The van der Waals surface area contributed by atoms with Gasteiger partial charge in [-0.3, -0.25) is 4.79 Å². The van der Waals surface area contributed by atoms with Gasteiger partial charge in [0.25, 0.3) is 6.47 Å². The molecule has 1 N–H and O–H groups in total. The molecule has 17 heavy (non-hydrogen) atoms. The lowest BCUT2D eigenvalue weighted by Gasteiger charge is -2.29. The molecule has 1 saturated heterocycles. The number of piperidine rings is 1. The number of carbonyl (C=O) groups is 1. The van der Waals surface area contributed by atoms with E-state index in [0.717, 1.165) is 0 Å². The summed E-state index contributed by atoms with van der Waals surface area (Å²) < 4.78 is 0. The van der Waals surface area contributed by atoms with Gasteiger partial charge in [-0.05, 0) is 56.6 Å². The van der Waals surface area contributed by atoms with Crippen LogP contribution < -0.4 is 0 Å². The van der Waals surface area contributed by atoms with Crippen LogP contribution in [0.25, 0.3) is 0 Å². The van der Waals surface area contributed by atoms with Gasteiger partial charge in [0, 0.05) is 6.20 Å². The van der Waals surface area contributed by atoms with Crippen LogP contribution in [0.5, 0.6) is 0 Å². The van der Waals surface area contributed by atoms with E-state index in [1.54, 1.807) is 6.20 Å². The Morgan fingerprint density at radius 3 is 2.65 bits per heavy atom. The summed E-state index contributed by atoms with van der Waals surface area (Å²) in [6.07, 6.45) is 4.27. The average Bonchev–Trinajstić information content (AvgIpc) is 2.31. The van der Waals surface area contributed by atoms with Crippen molar-refractivity contribution in [1.82, 2.24) is 9.88 Å². The number of aromatic nitrogens is 1. The standard InChI is InChI=1S/C11H15ClN2.CH2O2/c1-14-6-3-9(4-7-14)10-2-5-13-11(12)8-10;2-1-3/h2,5,8-9H,3-4,6-7H2,1H3;1H,(H,2,3). The fourth-order valence-electron chi connectivity index (χ4n) is 2.01. The van der Waals surface area contributed by atoms with Gasteiger partial charge in [0.05, 0.1) is 0 Å². The molecule has 0 unspecified atom stereocenters. The first-order chi connectivity index (χ1) is 8.17. The minimum Gasteiger partial charge on any atom is -0.483 e. The Morgan fingerprint density at radius 1 is 1.53 bits per heavy atom. The van der Waals surface area contributed by atoms with Crippen molar-refractivity contribution in [1.29, 1.82) is 0 Å². The summed E-state index contributed by atoms with van der Waals surface area (Å²) in [6, 6.07) is 4.08. The molecule has 0 amide bonds. The minimum absolute atomic E-state index is 0.250. The lowest BCUT2D eigenvalue weighted by molar-refractivity contribution is -0.122. The Bertz CT molecular complexity index is 352. The van der Waals surface area contributed by atoms with Crippen molar-refractivity contribution in [3.8, 4) is 0 Å². The predicted molar refractivity (Wildman–Crippen MR) is 67.4 cm³/mol. The zero-order valence-corrected chi connectivity index (χ0v) is 10.6. The highest BCUT2D eigenvalue weighted by Gasteiger charge is 2.18. The van der Waals surface area contributed by atoms with Gasteiger partial charge in [-0.15, -0.1) is 0 Å². The zero-order valence-electron chi connectivity index (χ0n) is 9.84. The number of likely N-dealkylation sites (tertiary alicyclic amines) is 1. The molecular weight excluding hydrogens is 240 g/mol. The molecule has 0 aromatic carbocycles. The van der Waals surface area contributed by atoms with E-state index in [1.807, 2.05) is 6.07 Å². The molecule has 2 rings (SSSR count). The normalized spacial score (nSPS) is 17.1. The maximum Gasteiger partial charge on any atom is 0.290 e. The largest absolute Gasteiger partial charge is 0.483 e. The van der Waals surface area contributed by atoms with Crippen LogP contribution in [-0.4, -0.2) is 41.6 Å². The number of rotatable bonds is 1. The molecule has 1 aliphatic heterocycles. The third-order valence-corrected chi connectivity index (χ3v) is 3.15. The second-order valence-electron chi connectivity index (χ2n) is 4.09. The molecule has 0 bridgehead atoms. The molecule has 94 valence electrons. The van der Waals surface area contributed by atoms with E-state index in [-0.39, 0.29) is 6.47 Å². The van der Waals surface area contributed by atoms with Crippen LogP contribution in [0.1, 0.15) is 24.3 Å². The van der Waals surface area contributed by atoms with Gasteiger partial charge in [-0.2, -0.15) is 0 Å². The summed E-state index contributed by atoms with van der Waals surface area (Å²) in [5, 5.41) is 7.50. The van der Waals surface area contributed by atoms with E-state index in [0.29, 0.717) is 11.1 Å². The number of halogens is 1. The molecule has 0 spiro atoms. The third-order valence-electron chi connectivity index (χ3n) is 2.94. The van der Waals surface area contributed by atoms with Gasteiger partial charge in [-0.25, -0.2) is 4.98 Å². The van der Waals surface area contributed by atoms with Crippen LogP contribution >= 0.6 is 11.6 Å². The summed E-state index contributed by atoms with van der Waals surface area (Å²) in [4.78, 5) is 14.7. The molecule has 0 atom stereocenters. The molecular formula is C12H17ClN2O2. The summed E-state index contributed by atoms with van der Waals surface area (Å²) in [7, 11) is 2.18. The van der Waals surface area contributed by atoms with Gasteiger partial charge >= 0.3 is 0 Å². The van der Waals surface area contributed by atoms with E-state index in [2.05, 4.69) is 23.0 Å². The first kappa shape index (κ1) is 13.9. The highest BCUT2D eigenvalue weighted by Crippen LogP contribution is 2.27. The monoisotopic (exact) mass is 256 g/mol. The Balaban J connectivity index is 0.000000437. The fraction of sp³-hybridized carbons (Fsp3) is 0.500. The van der Waals surface area contributed by atoms with E-state index in [9.17, 15) is 0 Å². The molecule has 5 heteroatoms. The van der Waals surface area contributed by atoms with Gasteiger partial charge in [-0.1, -0.05) is 11.6 Å². The first-order valence-corrected chi connectivity index (χ1v) is 5.93. The molecule has 1 fully saturated rings. The van der Waals surface area contributed by atoms with E-state index >= 15 is 0 Å². The van der Waals surface area contributed by atoms with Crippen LogP contribution in [0.3, 0.4) is 0 Å². The van der Waals surface area contributed by atoms with Crippen molar-refractivity contribution in [3.05, 3.63) is 29.0 Å². The molecule has 2 heterocycles. The third kappa shape index (κ3) is 4.71. The molecule has 0 saturated carbocycles. The van der Waals surface area contributed by atoms with Crippen LogP contribution in [0.4, 0.5) is 0 Å². The summed E-state index contributed by atoms with van der Waals surface area (Å²) in [5.74, 6) is 0.673. The molecule has 1 aromatic heterocycles. The summed E-state index contributed by atoms with van der Waals surface area (Å²) in [6.45, 7) is 2.12. The predicted octanol–water partition coefficient (Wildman–Crippen LogP) is 2.24. The maximum atomic E-state index is 8.36. The van der Waals surface area contributed by atoms with Gasteiger partial charge < -0.3 is 10.0 Å². The minimum atomic E-state index is -0.250. The summed E-state index contributed by atoms with van der Waals surface area (Å²) >= 11 is 5.87. The smallest absolute Gasteiger partial charge is 0.290 e. The Labute approximate surface area is 106 Å². The van der Waals surface area contributed by atoms with Crippen molar-refractivity contribution in [2.24, 2.45) is 0 Å². The van der Waals surface area contributed by atoms with Crippen LogP contribution in [0.2, 0.25) is 5.15 Å². The van der Waals surface area contributed by atoms with Crippen molar-refractivity contribution in [2.75, 3.05) is 20.1 Å². The number of hydrogen-bond acceptors (Lipinski definition) is 3. The quantitative estimate of drug-likeness (QED) is 0.619. The lowest BCUT2D eigenvalue weighted by atomic mass is 9.90. The van der Waals surface area contributed by atoms with Crippen molar-refractivity contribution < 1.29 is 9.90 Å². The highest BCUT2D eigenvalue weighted by atomic mass is 35.5. The van der Waals surface area contributed by atoms with Crippen LogP contribution in [0.15, 0.2) is 18.3 Å². The van der Waals surface area contributed by atoms with E-state index in [1.165, 1.54) is 31.5 Å². The van der Waals surface area contributed by atoms with Gasteiger partial charge in [0.2, 0.25) is 0 Å². The Hall–Kier alpha value is -1.13. The molecule has 1 aromatic rings. The average molecular weight is 257 g/mol. The number of pyridine rings is 1. The van der Waals surface area contributed by atoms with Crippen LogP contribution in [0, 0.1) is 0 Å². The highest BCUT2D eigenvalue weighted by molar-refractivity contribution is 6.29. The lowest BCUT2D eigenvalue weighted by Crippen LogP contribution is -2.29. The van der Waals surface area contributed by atoms with Crippen LogP contribution in [-0.2, 0) is 4.79 Å². The Morgan fingerprint density at radius 2 is 2.12 bits per heavy atom. The SMILES string of the molecule is CN1CCC(c2ccnc(Cl)c2)CC1.O=CO. The Kier molecular flexibility index (Phi) is 5.94. The molecule has 4 nitrogen and oxygen atoms in total. The second kappa shape index (κ2) is 7.25. The number of nitrogens with zero attached hydrogens (tertiary/aromatic N) is 2. The van der Waals surface area contributed by atoms with E-state index < -0.39 is 0 Å². The molecule has 0 aliphatic carbocycles. The molecule has 0 radical (unpaired) electrons. The zero-order chi connectivity index (χ0) is 12.7. The van der Waals surface area contributed by atoms with E-state index in [4.69, 9.17) is 21.5 Å². The molecule has 1 aliphatic rings.